The Balaban J connectivity index is 1.82. The molecule has 6 heteroatoms. The molecule has 0 atom stereocenters. The lowest BCUT2D eigenvalue weighted by Gasteiger charge is -2.02. The molecule has 0 aliphatic rings. The average Bonchev–Trinajstić information content (AvgIpc) is 3.13. The second-order valence-corrected chi connectivity index (χ2v) is 8.39. The number of anilines is 1. The van der Waals surface area contributed by atoms with Crippen molar-refractivity contribution >= 4 is 28.7 Å². The van der Waals surface area contributed by atoms with E-state index in [2.05, 4.69) is 22.5 Å². The number of aldehydes is 1. The van der Waals surface area contributed by atoms with E-state index in [1.807, 2.05) is 0 Å². The SMILES string of the molecule is O=CCCCCCCCCCC/C=C\CCCCCNc1nc(CC(=O)O)cs1. The fraction of sp³-hybridized carbons (Fsp3) is 0.696. The van der Waals surface area contributed by atoms with E-state index < -0.39 is 5.97 Å². The van der Waals surface area contributed by atoms with Crippen LogP contribution in [0, 0.1) is 0 Å². The summed E-state index contributed by atoms with van der Waals surface area (Å²) in [5, 5.41) is 14.6. The Morgan fingerprint density at radius 1 is 0.897 bits per heavy atom. The molecule has 0 aromatic carbocycles. The number of carboxylic acids is 1. The molecule has 0 saturated heterocycles. The number of carbonyl (C=O) groups is 2. The molecule has 0 saturated carbocycles. The standard InChI is InChI=1S/C23H38N2O3S/c26-18-16-14-12-10-8-6-4-2-1-3-5-7-9-11-13-15-17-24-23-25-21(20-29-23)19-22(27)28/h5,7,18,20H,1-4,6,8-17,19H2,(H,24,25)(H,27,28)/b7-5-. The summed E-state index contributed by atoms with van der Waals surface area (Å²) >= 11 is 1.47. The second-order valence-electron chi connectivity index (χ2n) is 7.53. The van der Waals surface area contributed by atoms with Crippen LogP contribution in [0.1, 0.15) is 95.6 Å². The normalized spacial score (nSPS) is 11.2. The van der Waals surface area contributed by atoms with Gasteiger partial charge in [0.1, 0.15) is 6.29 Å². The number of thiazole rings is 1. The van der Waals surface area contributed by atoms with Crippen molar-refractivity contribution < 1.29 is 14.7 Å². The summed E-state index contributed by atoms with van der Waals surface area (Å²) in [6, 6.07) is 0. The largest absolute Gasteiger partial charge is 0.481 e. The molecule has 0 fully saturated rings. The van der Waals surface area contributed by atoms with Gasteiger partial charge in [-0.15, -0.1) is 11.3 Å². The predicted molar refractivity (Wildman–Crippen MR) is 122 cm³/mol. The molecular formula is C23H38N2O3S. The number of rotatable bonds is 20. The summed E-state index contributed by atoms with van der Waals surface area (Å²) in [7, 11) is 0. The zero-order chi connectivity index (χ0) is 21.0. The lowest BCUT2D eigenvalue weighted by Crippen LogP contribution is -2.03. The highest BCUT2D eigenvalue weighted by atomic mass is 32.1. The number of aromatic nitrogens is 1. The molecule has 0 spiro atoms. The van der Waals surface area contributed by atoms with Gasteiger partial charge in [0.2, 0.25) is 0 Å². The van der Waals surface area contributed by atoms with Crippen molar-refractivity contribution in [3.63, 3.8) is 0 Å². The minimum Gasteiger partial charge on any atom is -0.481 e. The van der Waals surface area contributed by atoms with Crippen molar-refractivity contribution in [1.29, 1.82) is 0 Å². The fourth-order valence-corrected chi connectivity index (χ4v) is 3.91. The molecule has 1 rings (SSSR count). The molecule has 0 aliphatic carbocycles. The first-order chi connectivity index (χ1) is 14.2. The Labute approximate surface area is 180 Å². The minimum absolute atomic E-state index is 0.00601. The van der Waals surface area contributed by atoms with E-state index in [0.717, 1.165) is 43.6 Å². The molecule has 1 aromatic heterocycles. The maximum Gasteiger partial charge on any atom is 0.309 e. The summed E-state index contributed by atoms with van der Waals surface area (Å²) in [4.78, 5) is 25.1. The highest BCUT2D eigenvalue weighted by molar-refractivity contribution is 7.13. The van der Waals surface area contributed by atoms with Crippen LogP contribution in [-0.4, -0.2) is 28.9 Å². The van der Waals surface area contributed by atoms with Gasteiger partial charge in [-0.1, -0.05) is 57.1 Å². The summed E-state index contributed by atoms with van der Waals surface area (Å²) in [6.45, 7) is 0.890. The Morgan fingerprint density at radius 2 is 1.45 bits per heavy atom. The van der Waals surface area contributed by atoms with Crippen LogP contribution in [0.2, 0.25) is 0 Å². The zero-order valence-corrected chi connectivity index (χ0v) is 18.6. The van der Waals surface area contributed by atoms with Crippen LogP contribution in [0.5, 0.6) is 0 Å². The van der Waals surface area contributed by atoms with Crippen LogP contribution in [0.25, 0.3) is 0 Å². The van der Waals surface area contributed by atoms with Gasteiger partial charge < -0.3 is 15.2 Å². The Kier molecular flexibility index (Phi) is 16.0. The molecule has 0 amide bonds. The third-order valence-corrected chi connectivity index (χ3v) is 5.67. The molecule has 1 heterocycles. The highest BCUT2D eigenvalue weighted by Crippen LogP contribution is 2.16. The molecule has 2 N–H and O–H groups in total. The molecule has 164 valence electrons. The number of nitrogens with one attached hydrogen (secondary N) is 1. The third-order valence-electron chi connectivity index (χ3n) is 4.82. The lowest BCUT2D eigenvalue weighted by atomic mass is 10.1. The van der Waals surface area contributed by atoms with Crippen molar-refractivity contribution in [3.8, 4) is 0 Å². The fourth-order valence-electron chi connectivity index (χ4n) is 3.17. The van der Waals surface area contributed by atoms with Gasteiger partial charge in [0, 0.05) is 18.3 Å². The first-order valence-corrected chi connectivity index (χ1v) is 12.1. The Hall–Kier alpha value is -1.69. The molecule has 0 radical (unpaired) electrons. The summed E-state index contributed by atoms with van der Waals surface area (Å²) in [5.74, 6) is -0.839. The number of nitrogens with zero attached hydrogens (tertiary/aromatic N) is 1. The monoisotopic (exact) mass is 422 g/mol. The topological polar surface area (TPSA) is 79.3 Å². The van der Waals surface area contributed by atoms with Crippen molar-refractivity contribution in [3.05, 3.63) is 23.2 Å². The second kappa shape index (κ2) is 18.3. The maximum absolute atomic E-state index is 10.6. The average molecular weight is 423 g/mol. The molecular weight excluding hydrogens is 384 g/mol. The number of unbranched alkanes of at least 4 members (excludes halogenated alkanes) is 12. The number of allylic oxidation sites excluding steroid dienone is 2. The van der Waals surface area contributed by atoms with Crippen LogP contribution in [0.4, 0.5) is 5.13 Å². The van der Waals surface area contributed by atoms with Gasteiger partial charge in [0.25, 0.3) is 0 Å². The summed E-state index contributed by atoms with van der Waals surface area (Å²) in [6.07, 6.45) is 22.4. The quantitative estimate of drug-likeness (QED) is 0.144. The van der Waals surface area contributed by atoms with Crippen molar-refractivity contribution in [2.24, 2.45) is 0 Å². The van der Waals surface area contributed by atoms with Crippen molar-refractivity contribution in [2.45, 2.75) is 96.3 Å². The van der Waals surface area contributed by atoms with Gasteiger partial charge >= 0.3 is 5.97 Å². The number of carbonyl (C=O) groups excluding carboxylic acids is 1. The van der Waals surface area contributed by atoms with E-state index in [4.69, 9.17) is 5.11 Å². The van der Waals surface area contributed by atoms with Crippen molar-refractivity contribution in [2.75, 3.05) is 11.9 Å². The van der Waals surface area contributed by atoms with Gasteiger partial charge in [-0.3, -0.25) is 4.79 Å². The van der Waals surface area contributed by atoms with Gasteiger partial charge in [-0.05, 0) is 38.5 Å². The minimum atomic E-state index is -0.839. The molecule has 1 aromatic rings. The smallest absolute Gasteiger partial charge is 0.309 e. The van der Waals surface area contributed by atoms with E-state index >= 15 is 0 Å². The maximum atomic E-state index is 10.6. The third kappa shape index (κ3) is 15.9. The van der Waals surface area contributed by atoms with Gasteiger partial charge in [0.15, 0.2) is 5.13 Å². The zero-order valence-electron chi connectivity index (χ0n) is 17.7. The summed E-state index contributed by atoms with van der Waals surface area (Å²) < 4.78 is 0. The highest BCUT2D eigenvalue weighted by Gasteiger charge is 2.05. The van der Waals surface area contributed by atoms with E-state index in [9.17, 15) is 9.59 Å². The number of hydrogen-bond acceptors (Lipinski definition) is 5. The van der Waals surface area contributed by atoms with Crippen LogP contribution < -0.4 is 5.32 Å². The van der Waals surface area contributed by atoms with E-state index in [1.54, 1.807) is 5.38 Å². The number of hydrogen-bond donors (Lipinski definition) is 2. The number of carboxylic acid groups (broad SMARTS) is 1. The molecule has 0 unspecified atom stereocenters. The molecule has 0 aliphatic heterocycles. The molecule has 0 bridgehead atoms. The van der Waals surface area contributed by atoms with Gasteiger partial charge in [-0.2, -0.15) is 0 Å². The molecule has 29 heavy (non-hydrogen) atoms. The summed E-state index contributed by atoms with van der Waals surface area (Å²) in [5.41, 5.74) is 0.626. The van der Waals surface area contributed by atoms with E-state index in [0.29, 0.717) is 5.69 Å². The van der Waals surface area contributed by atoms with E-state index in [-0.39, 0.29) is 6.42 Å². The lowest BCUT2D eigenvalue weighted by molar-refractivity contribution is -0.136. The Bertz CT molecular complexity index is 572. The predicted octanol–water partition coefficient (Wildman–Crippen LogP) is 6.40. The first-order valence-electron chi connectivity index (χ1n) is 11.2. The van der Waals surface area contributed by atoms with Gasteiger partial charge in [-0.25, -0.2) is 4.98 Å². The Morgan fingerprint density at radius 3 is 2.03 bits per heavy atom. The van der Waals surface area contributed by atoms with Crippen LogP contribution in [0.15, 0.2) is 17.5 Å². The van der Waals surface area contributed by atoms with Gasteiger partial charge in [0.05, 0.1) is 12.1 Å². The van der Waals surface area contributed by atoms with E-state index in [1.165, 1.54) is 75.5 Å². The first kappa shape index (κ1) is 25.3. The van der Waals surface area contributed by atoms with Crippen LogP contribution in [-0.2, 0) is 16.0 Å². The number of aliphatic carboxylic acids is 1. The van der Waals surface area contributed by atoms with Crippen LogP contribution >= 0.6 is 11.3 Å². The molecule has 5 nitrogen and oxygen atoms in total. The van der Waals surface area contributed by atoms with Crippen LogP contribution in [0.3, 0.4) is 0 Å². The van der Waals surface area contributed by atoms with Crippen molar-refractivity contribution in [1.82, 2.24) is 4.98 Å².